The van der Waals surface area contributed by atoms with E-state index in [9.17, 15) is 14.7 Å². The fourth-order valence-electron chi connectivity index (χ4n) is 4.36. The molecule has 0 fully saturated rings. The Bertz CT molecular complexity index is 1830. The van der Waals surface area contributed by atoms with E-state index < -0.39 is 18.0 Å². The van der Waals surface area contributed by atoms with Gasteiger partial charge in [-0.05, 0) is 40.8 Å². The van der Waals surface area contributed by atoms with Gasteiger partial charge in [-0.3, -0.25) is 14.6 Å². The van der Waals surface area contributed by atoms with E-state index in [1.807, 2.05) is 20.8 Å². The van der Waals surface area contributed by atoms with E-state index in [-0.39, 0.29) is 33.4 Å². The number of hydrogen-bond acceptors (Lipinski definition) is 8. The van der Waals surface area contributed by atoms with Crippen LogP contribution < -0.4 is 16.4 Å². The van der Waals surface area contributed by atoms with Crippen LogP contribution in [0.4, 0.5) is 15.9 Å². The van der Waals surface area contributed by atoms with Gasteiger partial charge in [-0.2, -0.15) is 9.78 Å². The molecule has 0 amide bonds. The lowest BCUT2D eigenvalue weighted by Gasteiger charge is -2.20. The van der Waals surface area contributed by atoms with E-state index in [0.717, 1.165) is 10.2 Å². The first-order valence-electron chi connectivity index (χ1n) is 12.1. The van der Waals surface area contributed by atoms with Crippen LogP contribution in [0.5, 0.6) is 0 Å². The van der Waals surface area contributed by atoms with Gasteiger partial charge in [-0.15, -0.1) is 0 Å². The summed E-state index contributed by atoms with van der Waals surface area (Å²) in [6.07, 6.45) is 8.98. The molecule has 5 aromatic rings. The zero-order valence-corrected chi connectivity index (χ0v) is 21.8. The fourth-order valence-corrected chi connectivity index (χ4v) is 4.36. The van der Waals surface area contributed by atoms with Crippen molar-refractivity contribution in [2.24, 2.45) is 7.05 Å². The largest absolute Gasteiger partial charge is 0.392 e. The number of rotatable bonds is 5. The predicted octanol–water partition coefficient (Wildman–Crippen LogP) is 3.61. The highest BCUT2D eigenvalue weighted by atomic mass is 19.1. The molecule has 0 aliphatic carbocycles. The zero-order valence-electron chi connectivity index (χ0n) is 21.8. The second-order valence-electron chi connectivity index (χ2n) is 10.1. The number of nitrogens with zero attached hydrogens (tertiary/aromatic N) is 6. The van der Waals surface area contributed by atoms with Crippen molar-refractivity contribution in [2.45, 2.75) is 32.8 Å². The van der Waals surface area contributed by atoms with Gasteiger partial charge in [0.2, 0.25) is 0 Å². The smallest absolute Gasteiger partial charge is 0.283 e. The zero-order chi connectivity index (χ0) is 27.9. The molecular weight excluding hydrogens is 501 g/mol. The minimum atomic E-state index is -0.699. The van der Waals surface area contributed by atoms with Gasteiger partial charge >= 0.3 is 0 Å². The van der Waals surface area contributed by atoms with Crippen molar-refractivity contribution in [1.29, 1.82) is 0 Å². The molecule has 0 radical (unpaired) electrons. The number of aryl methyl sites for hydroxylation is 1. The van der Waals surface area contributed by atoms with Gasteiger partial charge in [-0.1, -0.05) is 20.8 Å². The lowest BCUT2D eigenvalue weighted by molar-refractivity contribution is 0.281. The number of hydrogen-bond donors (Lipinski definition) is 2. The third-order valence-corrected chi connectivity index (χ3v) is 6.42. The van der Waals surface area contributed by atoms with E-state index in [4.69, 9.17) is 0 Å². The van der Waals surface area contributed by atoms with Gasteiger partial charge in [0.15, 0.2) is 5.82 Å². The van der Waals surface area contributed by atoms with Gasteiger partial charge in [-0.25, -0.2) is 14.4 Å². The molecule has 39 heavy (non-hydrogen) atoms. The Morgan fingerprint density at radius 1 is 1.03 bits per heavy atom. The van der Waals surface area contributed by atoms with Crippen LogP contribution in [0.3, 0.4) is 0 Å². The van der Waals surface area contributed by atoms with Gasteiger partial charge in [0.25, 0.3) is 11.1 Å². The number of benzene rings is 1. The summed E-state index contributed by atoms with van der Waals surface area (Å²) in [6, 6.07) is 6.38. The number of pyridine rings is 2. The quantitative estimate of drug-likeness (QED) is 0.355. The SMILES string of the molecule is Cn1cc(-c2ccnc(-n3ncc4cc(C(C)(C)C)cc(F)c4c3=O)c2CO)cc(Nc2cnccn2)c1=O. The molecular formula is C28H26FN7O3. The average Bonchev–Trinajstić information content (AvgIpc) is 2.90. The topological polar surface area (TPSA) is 128 Å². The summed E-state index contributed by atoms with van der Waals surface area (Å²) in [7, 11) is 1.60. The highest BCUT2D eigenvalue weighted by Crippen LogP contribution is 2.29. The molecule has 0 aliphatic heterocycles. The molecule has 0 aliphatic rings. The number of aromatic nitrogens is 6. The summed E-state index contributed by atoms with van der Waals surface area (Å²) in [5.41, 5.74) is 1.00. The first kappa shape index (κ1) is 25.9. The third kappa shape index (κ3) is 4.79. The van der Waals surface area contributed by atoms with Crippen LogP contribution in [0.25, 0.3) is 27.7 Å². The van der Waals surface area contributed by atoms with Crippen molar-refractivity contribution < 1.29 is 9.50 Å². The Hall–Kier alpha value is -4.77. The van der Waals surface area contributed by atoms with Crippen LogP contribution in [-0.2, 0) is 19.1 Å². The molecule has 5 rings (SSSR count). The normalized spacial score (nSPS) is 11.6. The van der Waals surface area contributed by atoms with Crippen molar-refractivity contribution in [3.63, 3.8) is 0 Å². The first-order chi connectivity index (χ1) is 18.6. The molecule has 198 valence electrons. The molecule has 0 saturated carbocycles. The molecule has 4 aromatic heterocycles. The lowest BCUT2D eigenvalue weighted by Crippen LogP contribution is -2.25. The maximum atomic E-state index is 15.2. The van der Waals surface area contributed by atoms with Crippen molar-refractivity contribution in [2.75, 3.05) is 5.32 Å². The molecule has 1 aromatic carbocycles. The number of anilines is 2. The molecule has 0 saturated heterocycles. The molecule has 11 heteroatoms. The van der Waals surface area contributed by atoms with E-state index in [1.165, 1.54) is 41.6 Å². The Kier molecular flexibility index (Phi) is 6.52. The van der Waals surface area contributed by atoms with Crippen LogP contribution >= 0.6 is 0 Å². The molecule has 0 atom stereocenters. The molecule has 10 nitrogen and oxygen atoms in total. The standard InChI is InChI=1S/C28H26FN7O3/c1-28(2,3)18-9-16-12-33-36(27(39)24(16)21(29)11-18)25-20(15-37)19(5-6-32-25)17-10-22(26(38)35(4)14-17)34-23-13-30-7-8-31-23/h5-14,37H,15H2,1-4H3,(H,31,34). The van der Waals surface area contributed by atoms with Crippen LogP contribution in [0.15, 0.2) is 71.0 Å². The van der Waals surface area contributed by atoms with E-state index in [2.05, 4.69) is 25.4 Å². The van der Waals surface area contributed by atoms with Crippen LogP contribution in [-0.4, -0.2) is 34.4 Å². The summed E-state index contributed by atoms with van der Waals surface area (Å²) in [6.45, 7) is 5.38. The maximum Gasteiger partial charge on any atom is 0.283 e. The van der Waals surface area contributed by atoms with Gasteiger partial charge < -0.3 is 15.0 Å². The summed E-state index contributed by atoms with van der Waals surface area (Å²) in [5.74, 6) is -0.218. The highest BCUT2D eigenvalue weighted by molar-refractivity contribution is 5.83. The second-order valence-corrected chi connectivity index (χ2v) is 10.1. The molecule has 0 bridgehead atoms. The molecule has 2 N–H and O–H groups in total. The summed E-state index contributed by atoms with van der Waals surface area (Å²) >= 11 is 0. The number of aliphatic hydroxyl groups is 1. The van der Waals surface area contributed by atoms with Crippen molar-refractivity contribution in [3.05, 3.63) is 99.1 Å². The predicted molar refractivity (Wildman–Crippen MR) is 146 cm³/mol. The molecule has 0 unspecified atom stereocenters. The first-order valence-corrected chi connectivity index (χ1v) is 12.1. The number of fused-ring (bicyclic) bond motifs is 1. The third-order valence-electron chi connectivity index (χ3n) is 6.42. The highest BCUT2D eigenvalue weighted by Gasteiger charge is 2.21. The van der Waals surface area contributed by atoms with Crippen LogP contribution in [0.2, 0.25) is 0 Å². The fraction of sp³-hybridized carbons (Fsp3) is 0.214. The minimum Gasteiger partial charge on any atom is -0.392 e. The van der Waals surface area contributed by atoms with Gasteiger partial charge in [0, 0.05) is 48.3 Å². The number of halogens is 1. The monoisotopic (exact) mass is 527 g/mol. The van der Waals surface area contributed by atoms with Crippen molar-refractivity contribution >= 4 is 22.3 Å². The van der Waals surface area contributed by atoms with Crippen LogP contribution in [0, 0.1) is 5.82 Å². The summed E-state index contributed by atoms with van der Waals surface area (Å²) in [5, 5.41) is 17.9. The Morgan fingerprint density at radius 3 is 2.51 bits per heavy atom. The minimum absolute atomic E-state index is 0.0542. The van der Waals surface area contributed by atoms with Gasteiger partial charge in [0.1, 0.15) is 17.3 Å². The van der Waals surface area contributed by atoms with Crippen LogP contribution in [0.1, 0.15) is 31.9 Å². The van der Waals surface area contributed by atoms with E-state index in [1.54, 1.807) is 31.4 Å². The van der Waals surface area contributed by atoms with Crippen molar-refractivity contribution in [3.8, 4) is 16.9 Å². The summed E-state index contributed by atoms with van der Waals surface area (Å²) < 4.78 is 17.6. The molecule has 0 spiro atoms. The second kappa shape index (κ2) is 9.84. The Labute approximate surface area is 222 Å². The van der Waals surface area contributed by atoms with E-state index >= 15 is 4.39 Å². The lowest BCUT2D eigenvalue weighted by atomic mass is 9.86. The Morgan fingerprint density at radius 2 is 1.82 bits per heavy atom. The number of nitrogens with one attached hydrogen (secondary N) is 1. The number of aliphatic hydroxyl groups excluding tert-OH is 1. The molecule has 4 heterocycles. The Balaban J connectivity index is 1.66. The summed E-state index contributed by atoms with van der Waals surface area (Å²) in [4.78, 5) is 38.7. The van der Waals surface area contributed by atoms with E-state index in [0.29, 0.717) is 22.3 Å². The van der Waals surface area contributed by atoms with Crippen molar-refractivity contribution in [1.82, 2.24) is 29.3 Å². The average molecular weight is 528 g/mol. The maximum absolute atomic E-state index is 15.2. The van der Waals surface area contributed by atoms with Gasteiger partial charge in [0.05, 0.1) is 24.4 Å².